The molecule has 3 unspecified atom stereocenters. The molecule has 0 radical (unpaired) electrons. The molecule has 3 atom stereocenters. The number of nitrogens with zero attached hydrogens (tertiary/aromatic N) is 4. The number of aryl methyl sites for hydroxylation is 1. The van der Waals surface area contributed by atoms with Crippen molar-refractivity contribution in [3.63, 3.8) is 0 Å². The van der Waals surface area contributed by atoms with Crippen molar-refractivity contribution in [3.05, 3.63) is 35.7 Å². The van der Waals surface area contributed by atoms with Crippen LogP contribution in [0.4, 0.5) is 16.4 Å². The molecule has 0 spiro atoms. The second-order valence-electron chi connectivity index (χ2n) is 7.63. The summed E-state index contributed by atoms with van der Waals surface area (Å²) in [5.74, 6) is 1.84. The molecule has 7 heteroatoms. The third kappa shape index (κ3) is 3.13. The maximum absolute atomic E-state index is 12.9. The molecule has 2 aromatic rings. The van der Waals surface area contributed by atoms with E-state index in [2.05, 4.69) is 15.5 Å². The maximum Gasteiger partial charge on any atom is 0.322 e. The lowest BCUT2D eigenvalue weighted by atomic mass is 9.72. The molecule has 2 saturated heterocycles. The monoisotopic (exact) mass is 355 g/mol. The van der Waals surface area contributed by atoms with Crippen LogP contribution >= 0.6 is 0 Å². The second-order valence-corrected chi connectivity index (χ2v) is 7.63. The quantitative estimate of drug-likeness (QED) is 0.915. The van der Waals surface area contributed by atoms with Crippen molar-refractivity contribution in [2.45, 2.75) is 38.1 Å². The lowest BCUT2D eigenvalue weighted by Crippen LogP contribution is -2.55. The number of rotatable bonds is 3. The fourth-order valence-corrected chi connectivity index (χ4v) is 4.08. The zero-order valence-electron chi connectivity index (χ0n) is 15.5. The largest absolute Gasteiger partial charge is 0.344 e. The highest BCUT2D eigenvalue weighted by atomic mass is 16.5. The highest BCUT2D eigenvalue weighted by molar-refractivity contribution is 5.89. The maximum atomic E-state index is 12.9. The summed E-state index contributed by atoms with van der Waals surface area (Å²) in [6.45, 7) is 2.83. The molecule has 2 amide bonds. The third-order valence-electron chi connectivity index (χ3n) is 5.49. The van der Waals surface area contributed by atoms with Gasteiger partial charge in [-0.1, -0.05) is 17.7 Å². The van der Waals surface area contributed by atoms with Gasteiger partial charge in [0.25, 0.3) is 5.95 Å². The minimum absolute atomic E-state index is 0.0411. The summed E-state index contributed by atoms with van der Waals surface area (Å²) in [5.41, 5.74) is 2.00. The molecule has 3 heterocycles. The Morgan fingerprint density at radius 1 is 1.27 bits per heavy atom. The smallest absolute Gasteiger partial charge is 0.322 e. The van der Waals surface area contributed by atoms with E-state index in [1.54, 1.807) is 0 Å². The number of aromatic nitrogens is 2. The van der Waals surface area contributed by atoms with Gasteiger partial charge in [-0.2, -0.15) is 4.98 Å². The van der Waals surface area contributed by atoms with Gasteiger partial charge in [0, 0.05) is 32.4 Å². The van der Waals surface area contributed by atoms with Gasteiger partial charge in [-0.15, -0.1) is 0 Å². The number of piperidine rings is 2. The highest BCUT2D eigenvalue weighted by Crippen LogP contribution is 2.44. The van der Waals surface area contributed by atoms with E-state index in [4.69, 9.17) is 4.52 Å². The summed E-state index contributed by atoms with van der Waals surface area (Å²) in [6, 6.07) is 7.95. The molecule has 1 aromatic heterocycles. The van der Waals surface area contributed by atoms with Crippen LogP contribution in [0.15, 0.2) is 28.8 Å². The lowest BCUT2D eigenvalue weighted by Gasteiger charge is -2.48. The summed E-state index contributed by atoms with van der Waals surface area (Å²) in [5, 5.41) is 7.07. The number of carbonyl (C=O) groups is 1. The Kier molecular flexibility index (Phi) is 4.30. The van der Waals surface area contributed by atoms with Crippen molar-refractivity contribution in [1.29, 1.82) is 0 Å². The zero-order chi connectivity index (χ0) is 18.3. The number of amides is 2. The third-order valence-corrected chi connectivity index (χ3v) is 5.49. The second kappa shape index (κ2) is 6.63. The SMILES string of the molecule is Cc1ccc(NC(=O)N2CC3CCC2C(c2nc(N(C)C)no2)C3)cc1. The average molecular weight is 355 g/mol. The number of fused-ring (bicyclic) bond motifs is 3. The first kappa shape index (κ1) is 16.9. The molecule has 3 aliphatic rings. The van der Waals surface area contributed by atoms with Crippen molar-refractivity contribution in [2.24, 2.45) is 5.92 Å². The summed E-state index contributed by atoms with van der Waals surface area (Å²) in [7, 11) is 3.78. The van der Waals surface area contributed by atoms with Crippen LogP contribution in [0.25, 0.3) is 0 Å². The van der Waals surface area contributed by atoms with Crippen molar-refractivity contribution in [1.82, 2.24) is 15.0 Å². The molecule has 1 N–H and O–H groups in total. The minimum Gasteiger partial charge on any atom is -0.344 e. The van der Waals surface area contributed by atoms with E-state index in [-0.39, 0.29) is 18.0 Å². The molecular weight excluding hydrogens is 330 g/mol. The normalized spacial score (nSPS) is 24.6. The highest BCUT2D eigenvalue weighted by Gasteiger charge is 2.45. The van der Waals surface area contributed by atoms with Gasteiger partial charge < -0.3 is 19.6 Å². The van der Waals surface area contributed by atoms with Crippen LogP contribution in [0.1, 0.15) is 36.6 Å². The first-order valence-corrected chi connectivity index (χ1v) is 9.16. The molecule has 1 saturated carbocycles. The number of benzene rings is 1. The first-order valence-electron chi connectivity index (χ1n) is 9.16. The van der Waals surface area contributed by atoms with Crippen LogP contribution in [-0.2, 0) is 0 Å². The van der Waals surface area contributed by atoms with Gasteiger partial charge in [0.2, 0.25) is 5.89 Å². The van der Waals surface area contributed by atoms with Crippen LogP contribution in [0, 0.1) is 12.8 Å². The molecular formula is C19H25N5O2. The number of hydrogen-bond donors (Lipinski definition) is 1. The topological polar surface area (TPSA) is 74.5 Å². The summed E-state index contributed by atoms with van der Waals surface area (Å²) in [4.78, 5) is 21.2. The van der Waals surface area contributed by atoms with Crippen LogP contribution in [0.5, 0.6) is 0 Å². The predicted octanol–water partition coefficient (Wildman–Crippen LogP) is 3.24. The van der Waals surface area contributed by atoms with E-state index in [1.165, 1.54) is 5.56 Å². The predicted molar refractivity (Wildman–Crippen MR) is 99.4 cm³/mol. The van der Waals surface area contributed by atoms with Gasteiger partial charge in [-0.05, 0) is 49.4 Å². The van der Waals surface area contributed by atoms with Crippen LogP contribution in [-0.4, -0.2) is 47.8 Å². The Morgan fingerprint density at radius 3 is 2.69 bits per heavy atom. The molecule has 1 aliphatic carbocycles. The number of urea groups is 1. The van der Waals surface area contributed by atoms with Crippen LogP contribution in [0.3, 0.4) is 0 Å². The lowest BCUT2D eigenvalue weighted by molar-refractivity contribution is 0.0517. The first-order chi connectivity index (χ1) is 12.5. The summed E-state index contributed by atoms with van der Waals surface area (Å²) >= 11 is 0. The van der Waals surface area contributed by atoms with Crippen molar-refractivity contribution in [2.75, 3.05) is 30.9 Å². The van der Waals surface area contributed by atoms with E-state index < -0.39 is 0 Å². The van der Waals surface area contributed by atoms with E-state index >= 15 is 0 Å². The zero-order valence-corrected chi connectivity index (χ0v) is 15.5. The Morgan fingerprint density at radius 2 is 2.04 bits per heavy atom. The van der Waals surface area contributed by atoms with Crippen molar-refractivity contribution in [3.8, 4) is 0 Å². The molecule has 2 aliphatic heterocycles. The van der Waals surface area contributed by atoms with Crippen LogP contribution < -0.4 is 10.2 Å². The molecule has 1 aromatic carbocycles. The standard InChI is InChI=1S/C19H25N5O2/c1-12-4-7-14(8-5-12)20-19(25)24-11-13-6-9-16(24)15(10-13)17-21-18(22-26-17)23(2)3/h4-5,7-8,13,15-16H,6,9-11H2,1-3H3,(H,20,25). The molecule has 3 fully saturated rings. The van der Waals surface area contributed by atoms with E-state index in [0.29, 0.717) is 17.8 Å². The van der Waals surface area contributed by atoms with Gasteiger partial charge in [-0.25, -0.2) is 4.79 Å². The fraction of sp³-hybridized carbons (Fsp3) is 0.526. The van der Waals surface area contributed by atoms with Gasteiger partial charge >= 0.3 is 6.03 Å². The van der Waals surface area contributed by atoms with Gasteiger partial charge in [0.05, 0.1) is 5.92 Å². The Balaban J connectivity index is 1.51. The number of carbonyl (C=O) groups excluding carboxylic acids is 1. The minimum atomic E-state index is -0.0411. The van der Waals surface area contributed by atoms with Gasteiger partial charge in [-0.3, -0.25) is 0 Å². The Hall–Kier alpha value is -2.57. The van der Waals surface area contributed by atoms with Gasteiger partial charge in [0.1, 0.15) is 0 Å². The molecule has 26 heavy (non-hydrogen) atoms. The summed E-state index contributed by atoms with van der Waals surface area (Å²) < 4.78 is 5.52. The fourth-order valence-electron chi connectivity index (χ4n) is 4.08. The van der Waals surface area contributed by atoms with E-state index in [0.717, 1.165) is 31.5 Å². The average Bonchev–Trinajstić information content (AvgIpc) is 3.14. The Bertz CT molecular complexity index is 785. The van der Waals surface area contributed by atoms with E-state index in [9.17, 15) is 4.79 Å². The van der Waals surface area contributed by atoms with Gasteiger partial charge in [0.15, 0.2) is 0 Å². The number of anilines is 2. The molecule has 138 valence electrons. The molecule has 5 rings (SSSR count). The summed E-state index contributed by atoms with van der Waals surface area (Å²) in [6.07, 6.45) is 3.15. The number of nitrogens with one attached hydrogen (secondary N) is 1. The van der Waals surface area contributed by atoms with Crippen molar-refractivity contribution >= 4 is 17.7 Å². The van der Waals surface area contributed by atoms with Crippen molar-refractivity contribution < 1.29 is 9.32 Å². The van der Waals surface area contributed by atoms with Crippen LogP contribution in [0.2, 0.25) is 0 Å². The molecule has 7 nitrogen and oxygen atoms in total. The number of hydrogen-bond acceptors (Lipinski definition) is 5. The van der Waals surface area contributed by atoms with E-state index in [1.807, 2.05) is 55.1 Å². The Labute approximate surface area is 153 Å². The molecule has 2 bridgehead atoms.